The summed E-state index contributed by atoms with van der Waals surface area (Å²) in [7, 11) is 1.63. The highest BCUT2D eigenvalue weighted by molar-refractivity contribution is 6.38. The van der Waals surface area contributed by atoms with E-state index in [2.05, 4.69) is 20.5 Å². The lowest BCUT2D eigenvalue weighted by Gasteiger charge is -2.36. The molecule has 0 atom stereocenters. The number of amides is 2. The van der Waals surface area contributed by atoms with Gasteiger partial charge in [0, 0.05) is 26.2 Å². The molecule has 9 heteroatoms. The Hall–Kier alpha value is -3.10. The molecule has 2 aromatic rings. The highest BCUT2D eigenvalue weighted by Gasteiger charge is 2.27. The maximum atomic E-state index is 12.2. The first-order valence-electron chi connectivity index (χ1n) is 7.52. The van der Waals surface area contributed by atoms with E-state index in [0.29, 0.717) is 26.2 Å². The average Bonchev–Trinajstić information content (AvgIpc) is 3.14. The summed E-state index contributed by atoms with van der Waals surface area (Å²) < 4.78 is 6.61. The summed E-state index contributed by atoms with van der Waals surface area (Å²) in [6.45, 7) is 2.19. The van der Waals surface area contributed by atoms with Gasteiger partial charge in [0.15, 0.2) is 0 Å². The topological polar surface area (TPSA) is 92.6 Å². The molecule has 9 nitrogen and oxygen atoms in total. The van der Waals surface area contributed by atoms with E-state index in [1.807, 2.05) is 24.3 Å². The molecule has 2 heterocycles. The van der Waals surface area contributed by atoms with Gasteiger partial charge in [0.2, 0.25) is 0 Å². The molecule has 1 fully saturated rings. The molecule has 0 radical (unpaired) electrons. The SMILES string of the molecule is COc1ccccc1N1CCN(C(=O)C(=O)Nn2cnnc2)CC1. The predicted octanol–water partition coefficient (Wildman–Crippen LogP) is -0.294. The Morgan fingerprint density at radius 1 is 1.08 bits per heavy atom. The van der Waals surface area contributed by atoms with Crippen molar-refractivity contribution in [3.63, 3.8) is 0 Å². The number of aromatic nitrogens is 3. The Labute approximate surface area is 138 Å². The summed E-state index contributed by atoms with van der Waals surface area (Å²) in [5, 5.41) is 7.12. The molecule has 24 heavy (non-hydrogen) atoms. The van der Waals surface area contributed by atoms with Crippen LogP contribution in [0, 0.1) is 0 Å². The first-order chi connectivity index (χ1) is 11.7. The molecule has 0 spiro atoms. The van der Waals surface area contributed by atoms with Gasteiger partial charge in [-0.05, 0) is 12.1 Å². The van der Waals surface area contributed by atoms with Crippen LogP contribution in [0.3, 0.4) is 0 Å². The number of nitrogens with one attached hydrogen (secondary N) is 1. The summed E-state index contributed by atoms with van der Waals surface area (Å²) in [5.41, 5.74) is 3.40. The van der Waals surface area contributed by atoms with Crippen molar-refractivity contribution in [2.24, 2.45) is 0 Å². The second kappa shape index (κ2) is 6.99. The van der Waals surface area contributed by atoms with Crippen LogP contribution < -0.4 is 15.1 Å². The van der Waals surface area contributed by atoms with Crippen molar-refractivity contribution < 1.29 is 14.3 Å². The molecule has 1 N–H and O–H groups in total. The van der Waals surface area contributed by atoms with Crippen molar-refractivity contribution in [3.05, 3.63) is 36.9 Å². The molecular formula is C15H18N6O3. The molecule has 3 rings (SSSR count). The third kappa shape index (κ3) is 3.29. The number of rotatable bonds is 3. The van der Waals surface area contributed by atoms with Crippen molar-refractivity contribution in [2.45, 2.75) is 0 Å². The molecule has 2 amide bonds. The lowest BCUT2D eigenvalue weighted by molar-refractivity contribution is -0.143. The monoisotopic (exact) mass is 330 g/mol. The van der Waals surface area contributed by atoms with Crippen molar-refractivity contribution in [3.8, 4) is 5.75 Å². The molecule has 1 aliphatic heterocycles. The highest BCUT2D eigenvalue weighted by Crippen LogP contribution is 2.28. The van der Waals surface area contributed by atoms with Gasteiger partial charge in [-0.3, -0.25) is 15.0 Å². The van der Waals surface area contributed by atoms with Crippen LogP contribution in [0.1, 0.15) is 0 Å². The van der Waals surface area contributed by atoms with Gasteiger partial charge < -0.3 is 14.5 Å². The normalized spacial score (nSPS) is 14.4. The van der Waals surface area contributed by atoms with Crippen LogP contribution in [0.4, 0.5) is 5.69 Å². The molecule has 126 valence electrons. The standard InChI is InChI=1S/C15H18N6O3/c1-24-13-5-3-2-4-12(13)19-6-8-20(9-7-19)15(23)14(22)18-21-10-16-17-11-21/h2-5,10-11H,6-9H2,1H3,(H,18,22). The van der Waals surface area contributed by atoms with E-state index >= 15 is 0 Å². The minimum Gasteiger partial charge on any atom is -0.495 e. The Morgan fingerprint density at radius 3 is 2.42 bits per heavy atom. The fraction of sp³-hybridized carbons (Fsp3) is 0.333. The maximum absolute atomic E-state index is 12.2. The summed E-state index contributed by atoms with van der Waals surface area (Å²) in [6.07, 6.45) is 2.62. The number of methoxy groups -OCH3 is 1. The van der Waals surface area contributed by atoms with Crippen LogP contribution >= 0.6 is 0 Å². The van der Waals surface area contributed by atoms with E-state index in [4.69, 9.17) is 4.74 Å². The van der Waals surface area contributed by atoms with E-state index in [1.54, 1.807) is 7.11 Å². The number of anilines is 1. The largest absolute Gasteiger partial charge is 0.495 e. The van der Waals surface area contributed by atoms with Crippen LogP contribution in [-0.2, 0) is 9.59 Å². The van der Waals surface area contributed by atoms with E-state index in [1.165, 1.54) is 22.2 Å². The predicted molar refractivity (Wildman–Crippen MR) is 86.2 cm³/mol. The van der Waals surface area contributed by atoms with Crippen LogP contribution in [0.15, 0.2) is 36.9 Å². The molecule has 0 bridgehead atoms. The van der Waals surface area contributed by atoms with Crippen molar-refractivity contribution >= 4 is 17.5 Å². The van der Waals surface area contributed by atoms with Gasteiger partial charge in [-0.25, -0.2) is 4.68 Å². The quantitative estimate of drug-likeness (QED) is 0.777. The van der Waals surface area contributed by atoms with Crippen molar-refractivity contribution in [1.29, 1.82) is 0 Å². The zero-order chi connectivity index (χ0) is 16.9. The third-order valence-corrected chi connectivity index (χ3v) is 3.84. The van der Waals surface area contributed by atoms with Gasteiger partial charge >= 0.3 is 11.8 Å². The first kappa shape index (κ1) is 15.8. The maximum Gasteiger partial charge on any atom is 0.328 e. The Bertz CT molecular complexity index is 710. The first-order valence-corrected chi connectivity index (χ1v) is 7.52. The molecule has 0 unspecified atom stereocenters. The fourth-order valence-electron chi connectivity index (χ4n) is 2.61. The summed E-state index contributed by atoms with van der Waals surface area (Å²) in [5.74, 6) is -0.480. The number of piperazine rings is 1. The molecule has 0 saturated carbocycles. The van der Waals surface area contributed by atoms with Gasteiger partial charge in [-0.1, -0.05) is 12.1 Å². The molecule has 1 aromatic carbocycles. The van der Waals surface area contributed by atoms with Crippen LogP contribution in [0.5, 0.6) is 5.75 Å². The molecule has 1 saturated heterocycles. The number of hydrogen-bond acceptors (Lipinski definition) is 6. The molecule has 1 aliphatic rings. The summed E-state index contributed by atoms with van der Waals surface area (Å²) >= 11 is 0. The van der Waals surface area contributed by atoms with E-state index < -0.39 is 11.8 Å². The fourth-order valence-corrected chi connectivity index (χ4v) is 2.61. The zero-order valence-electron chi connectivity index (χ0n) is 13.3. The Balaban J connectivity index is 1.58. The zero-order valence-corrected chi connectivity index (χ0v) is 13.3. The van der Waals surface area contributed by atoms with E-state index in [9.17, 15) is 9.59 Å². The number of nitrogens with zero attached hydrogens (tertiary/aromatic N) is 5. The minimum absolute atomic E-state index is 0.465. The number of ether oxygens (including phenoxy) is 1. The Kier molecular flexibility index (Phi) is 4.59. The lowest BCUT2D eigenvalue weighted by Crippen LogP contribution is -2.52. The number of carbonyl (C=O) groups excluding carboxylic acids is 2. The third-order valence-electron chi connectivity index (χ3n) is 3.84. The second-order valence-corrected chi connectivity index (χ2v) is 5.26. The highest BCUT2D eigenvalue weighted by atomic mass is 16.5. The van der Waals surface area contributed by atoms with Gasteiger partial charge in [-0.15, -0.1) is 10.2 Å². The average molecular weight is 330 g/mol. The molecule has 1 aromatic heterocycles. The minimum atomic E-state index is -0.708. The van der Waals surface area contributed by atoms with E-state index in [-0.39, 0.29) is 0 Å². The van der Waals surface area contributed by atoms with Gasteiger partial charge in [0.1, 0.15) is 18.4 Å². The number of para-hydroxylation sites is 2. The van der Waals surface area contributed by atoms with Crippen LogP contribution in [0.2, 0.25) is 0 Å². The van der Waals surface area contributed by atoms with Crippen molar-refractivity contribution in [1.82, 2.24) is 19.8 Å². The molecular weight excluding hydrogens is 312 g/mol. The van der Waals surface area contributed by atoms with Crippen LogP contribution in [0.25, 0.3) is 0 Å². The van der Waals surface area contributed by atoms with E-state index in [0.717, 1.165) is 11.4 Å². The van der Waals surface area contributed by atoms with Crippen LogP contribution in [-0.4, -0.2) is 64.9 Å². The number of hydrogen-bond donors (Lipinski definition) is 1. The molecule has 0 aliphatic carbocycles. The van der Waals surface area contributed by atoms with Gasteiger partial charge in [0.25, 0.3) is 0 Å². The van der Waals surface area contributed by atoms with Gasteiger partial charge in [-0.2, -0.15) is 0 Å². The van der Waals surface area contributed by atoms with Crippen molar-refractivity contribution in [2.75, 3.05) is 43.6 Å². The lowest BCUT2D eigenvalue weighted by atomic mass is 10.2. The number of carbonyl (C=O) groups is 2. The number of benzene rings is 1. The smallest absolute Gasteiger partial charge is 0.328 e. The van der Waals surface area contributed by atoms with Gasteiger partial charge in [0.05, 0.1) is 12.8 Å². The summed E-state index contributed by atoms with van der Waals surface area (Å²) in [4.78, 5) is 27.8. The second-order valence-electron chi connectivity index (χ2n) is 5.26. The summed E-state index contributed by atoms with van der Waals surface area (Å²) in [6, 6.07) is 7.74. The Morgan fingerprint density at radius 2 is 1.75 bits per heavy atom.